The lowest BCUT2D eigenvalue weighted by Gasteiger charge is -2.38. The molecule has 5 nitrogen and oxygen atoms in total. The molecule has 3 aliphatic rings. The van der Waals surface area contributed by atoms with Gasteiger partial charge in [-0.3, -0.25) is 4.98 Å². The summed E-state index contributed by atoms with van der Waals surface area (Å²) in [6, 6.07) is 5.96. The maximum Gasteiger partial charge on any atom is 0.248 e. The summed E-state index contributed by atoms with van der Waals surface area (Å²) in [4.78, 5) is 9.40. The number of hydrogen-bond donors (Lipinski definition) is 1. The van der Waals surface area contributed by atoms with E-state index in [4.69, 9.17) is 4.99 Å². The third-order valence-corrected chi connectivity index (χ3v) is 6.33. The highest BCUT2D eigenvalue weighted by Gasteiger charge is 2.40. The summed E-state index contributed by atoms with van der Waals surface area (Å²) in [5.74, 6) is -0.307. The van der Waals surface area contributed by atoms with Crippen molar-refractivity contribution >= 4 is 17.4 Å². The Bertz CT molecular complexity index is 924. The standard InChI is InChI=1S/C21H23F2N5/c1-13-17-12-25-28(14-7-9-21(22,23)10-8-14)20(17)27-19(26-13)16-6-5-15(16)18-4-2-3-11-24-18/h2-4,11-12,14-16H,1,5-10H2,(H,26,27)/t15-,16-/m1/s1. The molecule has 0 amide bonds. The van der Waals surface area contributed by atoms with Gasteiger partial charge in [-0.2, -0.15) is 5.10 Å². The molecule has 1 aliphatic heterocycles. The maximum atomic E-state index is 13.6. The highest BCUT2D eigenvalue weighted by Crippen LogP contribution is 2.45. The molecule has 7 heteroatoms. The first-order valence-electron chi connectivity index (χ1n) is 9.93. The molecule has 2 atom stereocenters. The van der Waals surface area contributed by atoms with Gasteiger partial charge >= 0.3 is 0 Å². The fourth-order valence-electron chi connectivity index (χ4n) is 4.53. The normalized spacial score (nSPS) is 26.8. The highest BCUT2D eigenvalue weighted by atomic mass is 19.3. The first kappa shape index (κ1) is 17.5. The molecular weight excluding hydrogens is 360 g/mol. The van der Waals surface area contributed by atoms with Crippen LogP contribution in [-0.4, -0.2) is 26.5 Å². The maximum absolute atomic E-state index is 13.6. The van der Waals surface area contributed by atoms with Crippen molar-refractivity contribution in [3.8, 4) is 0 Å². The average molecular weight is 383 g/mol. The van der Waals surface area contributed by atoms with Crippen LogP contribution in [0.1, 0.15) is 61.7 Å². The Morgan fingerprint density at radius 1 is 1.11 bits per heavy atom. The SMILES string of the molecule is C=C1NC([C@@H]2CC[C@H]2c2ccccn2)=Nc2c1cnn2C1CCC(F)(F)CC1. The van der Waals surface area contributed by atoms with E-state index in [9.17, 15) is 8.78 Å². The molecule has 146 valence electrons. The third-order valence-electron chi connectivity index (χ3n) is 6.33. The van der Waals surface area contributed by atoms with Gasteiger partial charge < -0.3 is 5.32 Å². The van der Waals surface area contributed by atoms with E-state index in [-0.39, 0.29) is 24.8 Å². The topological polar surface area (TPSA) is 55.1 Å². The smallest absolute Gasteiger partial charge is 0.248 e. The lowest BCUT2D eigenvalue weighted by Crippen LogP contribution is -2.40. The van der Waals surface area contributed by atoms with Crippen LogP contribution in [0.25, 0.3) is 5.70 Å². The molecule has 2 aromatic rings. The number of fused-ring (bicyclic) bond motifs is 1. The van der Waals surface area contributed by atoms with E-state index in [2.05, 4.69) is 28.0 Å². The lowest BCUT2D eigenvalue weighted by atomic mass is 9.70. The van der Waals surface area contributed by atoms with Crippen LogP contribution < -0.4 is 5.32 Å². The Kier molecular flexibility index (Phi) is 4.07. The average Bonchev–Trinajstić information content (AvgIpc) is 3.06. The predicted molar refractivity (Wildman–Crippen MR) is 104 cm³/mol. The minimum absolute atomic E-state index is 0.0350. The largest absolute Gasteiger partial charge is 0.343 e. The van der Waals surface area contributed by atoms with E-state index in [0.717, 1.165) is 41.4 Å². The van der Waals surface area contributed by atoms with Gasteiger partial charge in [0.1, 0.15) is 5.84 Å². The first-order valence-corrected chi connectivity index (χ1v) is 9.93. The summed E-state index contributed by atoms with van der Waals surface area (Å²) in [7, 11) is 0. The summed E-state index contributed by atoms with van der Waals surface area (Å²) < 4.78 is 29.0. The van der Waals surface area contributed by atoms with Crippen molar-refractivity contribution in [1.29, 1.82) is 0 Å². The minimum Gasteiger partial charge on any atom is -0.343 e. The van der Waals surface area contributed by atoms with Gasteiger partial charge in [-0.05, 0) is 37.8 Å². The number of amidine groups is 1. The number of aromatic nitrogens is 3. The van der Waals surface area contributed by atoms with E-state index < -0.39 is 5.92 Å². The molecule has 0 saturated heterocycles. The summed E-state index contributed by atoms with van der Waals surface area (Å²) in [5, 5.41) is 7.84. The van der Waals surface area contributed by atoms with Crippen molar-refractivity contribution in [2.24, 2.45) is 10.9 Å². The van der Waals surface area contributed by atoms with Gasteiger partial charge in [0.05, 0.1) is 17.8 Å². The molecule has 2 fully saturated rings. The predicted octanol–water partition coefficient (Wildman–Crippen LogP) is 4.83. The van der Waals surface area contributed by atoms with Crippen LogP contribution >= 0.6 is 0 Å². The zero-order chi connectivity index (χ0) is 19.3. The van der Waals surface area contributed by atoms with Crippen LogP contribution in [0, 0.1) is 5.92 Å². The minimum atomic E-state index is -2.55. The van der Waals surface area contributed by atoms with Crippen LogP contribution in [0.15, 0.2) is 42.2 Å². The summed E-state index contributed by atoms with van der Waals surface area (Å²) in [6.45, 7) is 4.14. The Morgan fingerprint density at radius 3 is 2.57 bits per heavy atom. The number of nitrogens with one attached hydrogen (secondary N) is 1. The monoisotopic (exact) mass is 383 g/mol. The van der Waals surface area contributed by atoms with E-state index >= 15 is 0 Å². The molecule has 2 aliphatic carbocycles. The number of aliphatic imine (C=N–C) groups is 1. The molecule has 0 aromatic carbocycles. The molecule has 28 heavy (non-hydrogen) atoms. The van der Waals surface area contributed by atoms with Gasteiger partial charge in [0.15, 0.2) is 5.82 Å². The second-order valence-corrected chi connectivity index (χ2v) is 8.06. The van der Waals surface area contributed by atoms with Crippen LogP contribution in [0.2, 0.25) is 0 Å². The molecule has 3 heterocycles. The quantitative estimate of drug-likeness (QED) is 0.826. The second kappa shape index (κ2) is 6.50. The highest BCUT2D eigenvalue weighted by molar-refractivity contribution is 5.99. The Morgan fingerprint density at radius 2 is 1.89 bits per heavy atom. The van der Waals surface area contributed by atoms with Crippen molar-refractivity contribution < 1.29 is 8.78 Å². The molecule has 2 aromatic heterocycles. The number of nitrogens with zero attached hydrogens (tertiary/aromatic N) is 4. The van der Waals surface area contributed by atoms with Crippen LogP contribution in [0.3, 0.4) is 0 Å². The zero-order valence-corrected chi connectivity index (χ0v) is 15.6. The van der Waals surface area contributed by atoms with Crippen LogP contribution in [0.5, 0.6) is 0 Å². The van der Waals surface area contributed by atoms with E-state index in [1.165, 1.54) is 0 Å². The number of hydrogen-bond acceptors (Lipinski definition) is 4. The molecular formula is C21H23F2N5. The first-order chi connectivity index (χ1) is 13.5. The van der Waals surface area contributed by atoms with Crippen molar-refractivity contribution in [3.05, 3.63) is 48.4 Å². The Labute approximate surface area is 162 Å². The van der Waals surface area contributed by atoms with E-state index in [1.807, 2.05) is 23.0 Å². The number of pyridine rings is 1. The van der Waals surface area contributed by atoms with Crippen molar-refractivity contribution in [2.75, 3.05) is 0 Å². The third kappa shape index (κ3) is 2.93. The number of halogens is 2. The summed E-state index contributed by atoms with van der Waals surface area (Å²) in [6.07, 6.45) is 6.36. The van der Waals surface area contributed by atoms with Gasteiger partial charge in [0.25, 0.3) is 0 Å². The molecule has 5 rings (SSSR count). The Hall–Kier alpha value is -2.57. The van der Waals surface area contributed by atoms with Crippen molar-refractivity contribution in [1.82, 2.24) is 20.1 Å². The van der Waals surface area contributed by atoms with Gasteiger partial charge in [0, 0.05) is 42.3 Å². The fourth-order valence-corrected chi connectivity index (χ4v) is 4.53. The summed E-state index contributed by atoms with van der Waals surface area (Å²) >= 11 is 0. The molecule has 2 saturated carbocycles. The molecule has 1 N–H and O–H groups in total. The fraction of sp³-hybridized carbons (Fsp3) is 0.476. The van der Waals surface area contributed by atoms with Crippen molar-refractivity contribution in [2.45, 2.75) is 56.4 Å². The zero-order valence-electron chi connectivity index (χ0n) is 15.6. The van der Waals surface area contributed by atoms with E-state index in [0.29, 0.717) is 18.8 Å². The lowest BCUT2D eigenvalue weighted by molar-refractivity contribution is -0.0448. The van der Waals surface area contributed by atoms with Gasteiger partial charge in [-0.25, -0.2) is 18.5 Å². The van der Waals surface area contributed by atoms with Gasteiger partial charge in [-0.15, -0.1) is 0 Å². The summed E-state index contributed by atoms with van der Waals surface area (Å²) in [5.41, 5.74) is 2.72. The second-order valence-electron chi connectivity index (χ2n) is 8.06. The molecule has 0 bridgehead atoms. The molecule has 0 unspecified atom stereocenters. The molecule has 0 radical (unpaired) electrons. The van der Waals surface area contributed by atoms with Gasteiger partial charge in [-0.1, -0.05) is 12.6 Å². The molecule has 0 spiro atoms. The van der Waals surface area contributed by atoms with Crippen LogP contribution in [-0.2, 0) is 0 Å². The number of rotatable bonds is 3. The number of alkyl halides is 2. The Balaban J connectivity index is 1.43. The van der Waals surface area contributed by atoms with Crippen LogP contribution in [0.4, 0.5) is 14.6 Å². The van der Waals surface area contributed by atoms with Gasteiger partial charge in [0.2, 0.25) is 5.92 Å². The van der Waals surface area contributed by atoms with Crippen molar-refractivity contribution in [3.63, 3.8) is 0 Å². The van der Waals surface area contributed by atoms with E-state index in [1.54, 1.807) is 6.20 Å².